The molecule has 0 aliphatic rings. The highest BCUT2D eigenvalue weighted by atomic mass is 16.6. The SMILES string of the molecule is COc1cc2nccc(Oc3ccc(Nc4nn(C)cc4C(=O)NOCc4ccccc4)cc3)c2cc1C(N)=O. The highest BCUT2D eigenvalue weighted by Crippen LogP contribution is 2.33. The van der Waals surface area contributed by atoms with E-state index >= 15 is 0 Å². The number of aromatic nitrogens is 3. The lowest BCUT2D eigenvalue weighted by atomic mass is 10.1. The van der Waals surface area contributed by atoms with Crippen LogP contribution in [-0.4, -0.2) is 33.7 Å². The van der Waals surface area contributed by atoms with Gasteiger partial charge in [0, 0.05) is 36.6 Å². The molecule has 0 saturated heterocycles. The highest BCUT2D eigenvalue weighted by molar-refractivity contribution is 6.01. The summed E-state index contributed by atoms with van der Waals surface area (Å²) in [7, 11) is 3.19. The van der Waals surface area contributed by atoms with Gasteiger partial charge in [-0.15, -0.1) is 0 Å². The van der Waals surface area contributed by atoms with Gasteiger partial charge < -0.3 is 20.5 Å². The number of ether oxygens (including phenoxy) is 2. The number of carbonyl (C=O) groups excluding carboxylic acids is 2. The third kappa shape index (κ3) is 5.84. The number of fused-ring (bicyclic) bond motifs is 1. The minimum absolute atomic E-state index is 0.230. The Morgan fingerprint density at radius 3 is 2.48 bits per heavy atom. The molecule has 5 aromatic rings. The van der Waals surface area contributed by atoms with E-state index in [1.165, 1.54) is 11.8 Å². The minimum Gasteiger partial charge on any atom is -0.496 e. The second-order valence-corrected chi connectivity index (χ2v) is 8.76. The van der Waals surface area contributed by atoms with Crippen molar-refractivity contribution in [3.05, 3.63) is 102 Å². The van der Waals surface area contributed by atoms with E-state index in [0.717, 1.165) is 5.56 Å². The second kappa shape index (κ2) is 11.5. The number of primary amides is 1. The van der Waals surface area contributed by atoms with Crippen LogP contribution in [0.25, 0.3) is 10.9 Å². The molecule has 0 saturated carbocycles. The van der Waals surface area contributed by atoms with Crippen LogP contribution in [0.5, 0.6) is 17.2 Å². The molecule has 5 rings (SSSR count). The molecule has 0 atom stereocenters. The number of hydrogen-bond donors (Lipinski definition) is 3. The monoisotopic (exact) mass is 538 g/mol. The number of rotatable bonds is 10. The molecule has 11 heteroatoms. The number of carbonyl (C=O) groups is 2. The summed E-state index contributed by atoms with van der Waals surface area (Å²) < 4.78 is 12.9. The zero-order valence-corrected chi connectivity index (χ0v) is 21.8. The molecule has 0 aliphatic carbocycles. The first-order chi connectivity index (χ1) is 19.4. The summed E-state index contributed by atoms with van der Waals surface area (Å²) in [6.07, 6.45) is 3.21. The number of nitrogens with one attached hydrogen (secondary N) is 2. The quantitative estimate of drug-likeness (QED) is 0.221. The van der Waals surface area contributed by atoms with Crippen LogP contribution in [0.4, 0.5) is 11.5 Å². The molecule has 2 heterocycles. The molecule has 3 aromatic carbocycles. The van der Waals surface area contributed by atoms with Crippen molar-refractivity contribution >= 4 is 34.2 Å². The van der Waals surface area contributed by atoms with Crippen LogP contribution in [0, 0.1) is 0 Å². The van der Waals surface area contributed by atoms with Crippen LogP contribution in [0.15, 0.2) is 85.2 Å². The van der Waals surface area contributed by atoms with E-state index in [-0.39, 0.29) is 12.2 Å². The van der Waals surface area contributed by atoms with E-state index in [0.29, 0.717) is 45.2 Å². The van der Waals surface area contributed by atoms with Gasteiger partial charge in [-0.2, -0.15) is 5.10 Å². The molecule has 0 fully saturated rings. The number of nitrogens with zero attached hydrogens (tertiary/aromatic N) is 3. The van der Waals surface area contributed by atoms with Crippen molar-refractivity contribution in [2.75, 3.05) is 12.4 Å². The van der Waals surface area contributed by atoms with Crippen LogP contribution in [-0.2, 0) is 18.5 Å². The van der Waals surface area contributed by atoms with E-state index in [1.807, 2.05) is 30.3 Å². The van der Waals surface area contributed by atoms with Gasteiger partial charge in [-0.25, -0.2) is 5.48 Å². The Morgan fingerprint density at radius 1 is 0.975 bits per heavy atom. The average Bonchev–Trinajstić information content (AvgIpc) is 3.33. The van der Waals surface area contributed by atoms with Crippen molar-refractivity contribution in [1.29, 1.82) is 0 Å². The fourth-order valence-electron chi connectivity index (χ4n) is 4.03. The van der Waals surface area contributed by atoms with Crippen molar-refractivity contribution in [1.82, 2.24) is 20.2 Å². The number of hydrogen-bond acceptors (Lipinski definition) is 8. The predicted octanol–water partition coefficient (Wildman–Crippen LogP) is 4.47. The van der Waals surface area contributed by atoms with Crippen molar-refractivity contribution in [3.63, 3.8) is 0 Å². The average molecular weight is 539 g/mol. The summed E-state index contributed by atoms with van der Waals surface area (Å²) in [5, 5.41) is 8.12. The summed E-state index contributed by atoms with van der Waals surface area (Å²) in [4.78, 5) is 34.3. The lowest BCUT2D eigenvalue weighted by Crippen LogP contribution is -2.24. The highest BCUT2D eigenvalue weighted by Gasteiger charge is 2.17. The van der Waals surface area contributed by atoms with Crippen molar-refractivity contribution in [3.8, 4) is 17.2 Å². The number of aryl methyl sites for hydroxylation is 1. The normalized spacial score (nSPS) is 10.8. The van der Waals surface area contributed by atoms with Crippen molar-refractivity contribution < 1.29 is 23.9 Å². The third-order valence-corrected chi connectivity index (χ3v) is 5.95. The fraction of sp³-hybridized carbons (Fsp3) is 0.103. The molecule has 2 aromatic heterocycles. The molecular formula is C29H26N6O5. The van der Waals surface area contributed by atoms with E-state index in [9.17, 15) is 9.59 Å². The van der Waals surface area contributed by atoms with Gasteiger partial charge >= 0.3 is 0 Å². The third-order valence-electron chi connectivity index (χ3n) is 5.95. The second-order valence-electron chi connectivity index (χ2n) is 8.76. The number of benzene rings is 3. The van der Waals surface area contributed by atoms with Gasteiger partial charge in [0.15, 0.2) is 5.82 Å². The van der Waals surface area contributed by atoms with E-state index in [4.69, 9.17) is 20.0 Å². The number of anilines is 2. The maximum Gasteiger partial charge on any atom is 0.280 e. The van der Waals surface area contributed by atoms with Crippen LogP contribution in [0.1, 0.15) is 26.3 Å². The van der Waals surface area contributed by atoms with Gasteiger partial charge in [-0.1, -0.05) is 30.3 Å². The fourth-order valence-corrected chi connectivity index (χ4v) is 4.03. The van der Waals surface area contributed by atoms with Gasteiger partial charge in [0.1, 0.15) is 22.8 Å². The Labute approximate surface area is 229 Å². The summed E-state index contributed by atoms with van der Waals surface area (Å²) in [6.45, 7) is 0.237. The van der Waals surface area contributed by atoms with Gasteiger partial charge in [-0.3, -0.25) is 24.1 Å². The molecule has 0 radical (unpaired) electrons. The van der Waals surface area contributed by atoms with Gasteiger partial charge in [-0.05, 0) is 42.0 Å². The van der Waals surface area contributed by atoms with Gasteiger partial charge in [0.25, 0.3) is 11.8 Å². The largest absolute Gasteiger partial charge is 0.496 e. The van der Waals surface area contributed by atoms with Crippen LogP contribution in [0.2, 0.25) is 0 Å². The van der Waals surface area contributed by atoms with E-state index in [2.05, 4.69) is 20.9 Å². The van der Waals surface area contributed by atoms with Gasteiger partial charge in [0.2, 0.25) is 0 Å². The summed E-state index contributed by atoms with van der Waals surface area (Å²) >= 11 is 0. The topological polar surface area (TPSA) is 143 Å². The predicted molar refractivity (Wildman–Crippen MR) is 149 cm³/mol. The number of nitrogens with two attached hydrogens (primary N) is 1. The molecule has 0 bridgehead atoms. The molecule has 4 N–H and O–H groups in total. The molecule has 202 valence electrons. The lowest BCUT2D eigenvalue weighted by Gasteiger charge is -2.12. The Balaban J connectivity index is 1.28. The minimum atomic E-state index is -0.616. The van der Waals surface area contributed by atoms with Crippen LogP contribution in [0.3, 0.4) is 0 Å². The maximum absolute atomic E-state index is 12.7. The van der Waals surface area contributed by atoms with Gasteiger partial charge in [0.05, 0.1) is 24.8 Å². The Kier molecular flexibility index (Phi) is 7.56. The van der Waals surface area contributed by atoms with Crippen LogP contribution < -0.4 is 26.0 Å². The number of methoxy groups -OCH3 is 1. The Morgan fingerprint density at radius 2 is 1.75 bits per heavy atom. The molecular weight excluding hydrogens is 512 g/mol. The molecule has 40 heavy (non-hydrogen) atoms. The first-order valence-corrected chi connectivity index (χ1v) is 12.2. The number of amides is 2. The van der Waals surface area contributed by atoms with Crippen molar-refractivity contribution in [2.24, 2.45) is 12.8 Å². The summed E-state index contributed by atoms with van der Waals surface area (Å²) in [5.41, 5.74) is 10.7. The van der Waals surface area contributed by atoms with E-state index < -0.39 is 11.8 Å². The molecule has 0 spiro atoms. The number of hydroxylamine groups is 1. The molecule has 0 unspecified atom stereocenters. The standard InChI is InChI=1S/C29H26N6O5/c1-35-16-23(29(37)34-39-17-18-6-4-3-5-7-18)28(33-35)32-19-8-10-20(11-9-19)40-25-12-13-31-24-15-26(38-2)22(27(30)36)14-21(24)25/h3-16H,17H2,1-2H3,(H2,30,36)(H,32,33)(H,34,37). The maximum atomic E-state index is 12.7. The zero-order chi connectivity index (χ0) is 28.1. The Bertz CT molecular complexity index is 1670. The molecule has 0 aliphatic heterocycles. The lowest BCUT2D eigenvalue weighted by molar-refractivity contribution is 0.0234. The van der Waals surface area contributed by atoms with Crippen molar-refractivity contribution in [2.45, 2.75) is 6.61 Å². The molecule has 2 amide bonds. The van der Waals surface area contributed by atoms with Crippen LogP contribution >= 0.6 is 0 Å². The smallest absolute Gasteiger partial charge is 0.280 e. The first kappa shape index (κ1) is 26.2. The zero-order valence-electron chi connectivity index (χ0n) is 21.8. The summed E-state index contributed by atoms with van der Waals surface area (Å²) in [6, 6.07) is 21.6. The molecule has 11 nitrogen and oxygen atoms in total. The van der Waals surface area contributed by atoms with E-state index in [1.54, 1.807) is 61.9 Å². The number of pyridine rings is 1. The summed E-state index contributed by atoms with van der Waals surface area (Å²) in [5.74, 6) is 0.700. The Hall–Kier alpha value is -5.42. The first-order valence-electron chi connectivity index (χ1n) is 12.2.